The largest absolute Gasteiger partial charge is 0.331 e. The number of anilines is 1. The molecule has 2 N–H and O–H groups in total. The van der Waals surface area contributed by atoms with Crippen LogP contribution in [0.1, 0.15) is 43.0 Å². The Morgan fingerprint density at radius 1 is 1.22 bits per heavy atom. The van der Waals surface area contributed by atoms with E-state index in [0.717, 1.165) is 17.7 Å². The molecule has 1 aliphatic rings. The second-order valence-corrected chi connectivity index (χ2v) is 6.52. The van der Waals surface area contributed by atoms with E-state index in [9.17, 15) is 4.79 Å². The molecule has 0 aliphatic heterocycles. The Morgan fingerprint density at radius 2 is 1.96 bits per heavy atom. The van der Waals surface area contributed by atoms with Crippen LogP contribution in [-0.2, 0) is 5.41 Å². The van der Waals surface area contributed by atoms with Crippen molar-refractivity contribution in [2.24, 2.45) is 0 Å². The zero-order chi connectivity index (χ0) is 16.4. The fourth-order valence-electron chi connectivity index (χ4n) is 3.24. The number of urea groups is 1. The average Bonchev–Trinajstić information content (AvgIpc) is 2.78. The summed E-state index contributed by atoms with van der Waals surface area (Å²) in [5.74, 6) is 0. The summed E-state index contributed by atoms with van der Waals surface area (Å²) in [4.78, 5) is 12.3. The SMILES string of the molecule is CC1(C)C[C@@H](NC(=O)Nc2ccccc2)c2cc(C#N)ccc21. The summed E-state index contributed by atoms with van der Waals surface area (Å²) in [6.07, 6.45) is 0.819. The Bertz CT molecular complexity index is 775. The quantitative estimate of drug-likeness (QED) is 0.877. The van der Waals surface area contributed by atoms with Crippen molar-refractivity contribution in [1.29, 1.82) is 5.26 Å². The summed E-state index contributed by atoms with van der Waals surface area (Å²) in [7, 11) is 0. The lowest BCUT2D eigenvalue weighted by molar-refractivity contribution is 0.247. The molecular formula is C19H19N3O. The molecule has 2 aromatic rings. The first-order valence-electron chi connectivity index (χ1n) is 7.67. The van der Waals surface area contributed by atoms with Gasteiger partial charge in [-0.1, -0.05) is 38.1 Å². The maximum atomic E-state index is 12.3. The zero-order valence-electron chi connectivity index (χ0n) is 13.3. The molecule has 1 aliphatic carbocycles. The standard InChI is InChI=1S/C19H19N3O/c1-19(2)11-17(15-10-13(12-20)8-9-16(15)19)22-18(23)21-14-6-4-3-5-7-14/h3-10,17H,11H2,1-2H3,(H2,21,22,23)/t17-/m1/s1. The molecule has 0 heterocycles. The summed E-state index contributed by atoms with van der Waals surface area (Å²) >= 11 is 0. The summed E-state index contributed by atoms with van der Waals surface area (Å²) < 4.78 is 0. The van der Waals surface area contributed by atoms with Crippen LogP contribution in [0, 0.1) is 11.3 Å². The van der Waals surface area contributed by atoms with Crippen LogP contribution in [0.5, 0.6) is 0 Å². The Kier molecular flexibility index (Phi) is 3.79. The predicted molar refractivity (Wildman–Crippen MR) is 90.1 cm³/mol. The highest BCUT2D eigenvalue weighted by Gasteiger charge is 2.37. The number of para-hydroxylation sites is 1. The van der Waals surface area contributed by atoms with Crippen LogP contribution in [-0.4, -0.2) is 6.03 Å². The number of amides is 2. The molecule has 4 heteroatoms. The lowest BCUT2D eigenvalue weighted by Crippen LogP contribution is -2.32. The van der Waals surface area contributed by atoms with Gasteiger partial charge in [-0.3, -0.25) is 0 Å². The summed E-state index contributed by atoms with van der Waals surface area (Å²) in [5, 5.41) is 15.0. The molecule has 2 aromatic carbocycles. The van der Waals surface area contributed by atoms with E-state index in [-0.39, 0.29) is 17.5 Å². The van der Waals surface area contributed by atoms with Gasteiger partial charge in [-0.05, 0) is 47.2 Å². The topological polar surface area (TPSA) is 64.9 Å². The highest BCUT2D eigenvalue weighted by atomic mass is 16.2. The van der Waals surface area contributed by atoms with Crippen LogP contribution in [0.2, 0.25) is 0 Å². The first-order valence-corrected chi connectivity index (χ1v) is 7.67. The minimum Gasteiger partial charge on any atom is -0.331 e. The van der Waals surface area contributed by atoms with Crippen LogP contribution in [0.25, 0.3) is 0 Å². The Labute approximate surface area is 136 Å². The van der Waals surface area contributed by atoms with Crippen molar-refractivity contribution in [2.45, 2.75) is 31.7 Å². The molecule has 0 aromatic heterocycles. The molecule has 0 saturated heterocycles. The van der Waals surface area contributed by atoms with E-state index < -0.39 is 0 Å². The molecule has 1 atom stereocenters. The van der Waals surface area contributed by atoms with E-state index in [0.29, 0.717) is 5.56 Å². The number of carbonyl (C=O) groups excluding carboxylic acids is 1. The van der Waals surface area contributed by atoms with Gasteiger partial charge in [-0.25, -0.2) is 4.79 Å². The second kappa shape index (κ2) is 5.77. The predicted octanol–water partition coefficient (Wildman–Crippen LogP) is 4.10. The third kappa shape index (κ3) is 3.04. The Hall–Kier alpha value is -2.80. The van der Waals surface area contributed by atoms with E-state index >= 15 is 0 Å². The van der Waals surface area contributed by atoms with Gasteiger partial charge in [-0.15, -0.1) is 0 Å². The number of hydrogen-bond donors (Lipinski definition) is 2. The van der Waals surface area contributed by atoms with Gasteiger partial charge in [0.05, 0.1) is 17.7 Å². The van der Waals surface area contributed by atoms with Gasteiger partial charge < -0.3 is 10.6 Å². The number of hydrogen-bond acceptors (Lipinski definition) is 2. The van der Waals surface area contributed by atoms with Crippen LogP contribution in [0.3, 0.4) is 0 Å². The lowest BCUT2D eigenvalue weighted by atomic mass is 9.86. The van der Waals surface area contributed by atoms with Crippen molar-refractivity contribution in [2.75, 3.05) is 5.32 Å². The van der Waals surface area contributed by atoms with Crippen molar-refractivity contribution in [3.63, 3.8) is 0 Å². The van der Waals surface area contributed by atoms with Gasteiger partial charge in [0, 0.05) is 5.69 Å². The minimum atomic E-state index is -0.229. The number of nitrogens with one attached hydrogen (secondary N) is 2. The molecule has 3 rings (SSSR count). The summed E-state index contributed by atoms with van der Waals surface area (Å²) in [6.45, 7) is 4.32. The van der Waals surface area contributed by atoms with Gasteiger partial charge in [0.1, 0.15) is 0 Å². The monoisotopic (exact) mass is 305 g/mol. The number of rotatable bonds is 2. The normalized spacial score (nSPS) is 17.9. The number of nitriles is 1. The number of carbonyl (C=O) groups is 1. The number of fused-ring (bicyclic) bond motifs is 1. The van der Waals surface area contributed by atoms with Crippen molar-refractivity contribution in [3.05, 3.63) is 65.2 Å². The van der Waals surface area contributed by atoms with Crippen molar-refractivity contribution in [1.82, 2.24) is 5.32 Å². The van der Waals surface area contributed by atoms with Gasteiger partial charge >= 0.3 is 6.03 Å². The first-order chi connectivity index (χ1) is 11.0. The van der Waals surface area contributed by atoms with Crippen LogP contribution in [0.15, 0.2) is 48.5 Å². The van der Waals surface area contributed by atoms with Gasteiger partial charge in [-0.2, -0.15) is 5.26 Å². The molecule has 0 spiro atoms. The maximum Gasteiger partial charge on any atom is 0.319 e. The third-order valence-corrected chi connectivity index (χ3v) is 4.34. The van der Waals surface area contributed by atoms with E-state index in [2.05, 4.69) is 30.6 Å². The number of benzene rings is 2. The molecule has 2 amide bonds. The zero-order valence-corrected chi connectivity index (χ0v) is 13.3. The summed E-state index contributed by atoms with van der Waals surface area (Å²) in [6, 6.07) is 16.9. The molecule has 0 saturated carbocycles. The Balaban J connectivity index is 1.80. The maximum absolute atomic E-state index is 12.3. The van der Waals surface area contributed by atoms with E-state index in [4.69, 9.17) is 5.26 Å². The average molecular weight is 305 g/mol. The van der Waals surface area contributed by atoms with Gasteiger partial charge in [0.25, 0.3) is 0 Å². The van der Waals surface area contributed by atoms with Crippen LogP contribution in [0.4, 0.5) is 10.5 Å². The van der Waals surface area contributed by atoms with Crippen molar-refractivity contribution in [3.8, 4) is 6.07 Å². The molecular weight excluding hydrogens is 286 g/mol. The molecule has 23 heavy (non-hydrogen) atoms. The van der Waals surface area contributed by atoms with E-state index in [1.165, 1.54) is 5.56 Å². The molecule has 4 nitrogen and oxygen atoms in total. The number of nitrogens with zero attached hydrogens (tertiary/aromatic N) is 1. The fourth-order valence-corrected chi connectivity index (χ4v) is 3.24. The molecule has 0 unspecified atom stereocenters. The van der Waals surface area contributed by atoms with Crippen molar-refractivity contribution < 1.29 is 4.79 Å². The molecule has 116 valence electrons. The van der Waals surface area contributed by atoms with E-state index in [1.807, 2.05) is 48.5 Å². The van der Waals surface area contributed by atoms with Crippen molar-refractivity contribution >= 4 is 11.7 Å². The second-order valence-electron chi connectivity index (χ2n) is 6.52. The molecule has 0 bridgehead atoms. The van der Waals surface area contributed by atoms with Gasteiger partial charge in [0.15, 0.2) is 0 Å². The summed E-state index contributed by atoms with van der Waals surface area (Å²) in [5.41, 5.74) is 3.59. The molecule has 0 radical (unpaired) electrons. The lowest BCUT2D eigenvalue weighted by Gasteiger charge is -2.19. The van der Waals surface area contributed by atoms with E-state index in [1.54, 1.807) is 0 Å². The first kappa shape index (κ1) is 15.1. The van der Waals surface area contributed by atoms with Crippen LogP contribution < -0.4 is 10.6 Å². The minimum absolute atomic E-state index is 0.0198. The Morgan fingerprint density at radius 3 is 2.65 bits per heavy atom. The third-order valence-electron chi connectivity index (χ3n) is 4.34. The highest BCUT2D eigenvalue weighted by molar-refractivity contribution is 5.89. The highest BCUT2D eigenvalue weighted by Crippen LogP contribution is 2.44. The molecule has 0 fully saturated rings. The van der Waals surface area contributed by atoms with Gasteiger partial charge in [0.2, 0.25) is 0 Å². The fraction of sp³-hybridized carbons (Fsp3) is 0.263. The smallest absolute Gasteiger partial charge is 0.319 e. The van der Waals surface area contributed by atoms with Crippen LogP contribution >= 0.6 is 0 Å².